The number of amides is 1. The third-order valence-corrected chi connectivity index (χ3v) is 4.42. The van der Waals surface area contributed by atoms with Gasteiger partial charge in [-0.3, -0.25) is 4.79 Å². The lowest BCUT2D eigenvalue weighted by Crippen LogP contribution is -2.23. The van der Waals surface area contributed by atoms with Gasteiger partial charge in [0.15, 0.2) is 6.61 Å². The van der Waals surface area contributed by atoms with Crippen molar-refractivity contribution in [3.05, 3.63) is 59.7 Å². The van der Waals surface area contributed by atoms with E-state index in [1.165, 1.54) is 12.8 Å². The summed E-state index contributed by atoms with van der Waals surface area (Å²) < 4.78 is 11.1. The molecule has 0 saturated heterocycles. The minimum atomic E-state index is -1.03. The number of carbonyl (C=O) groups is 2. The molecule has 1 aliphatic rings. The van der Waals surface area contributed by atoms with Gasteiger partial charge in [0, 0.05) is 12.1 Å². The number of rotatable bonds is 8. The topological polar surface area (TPSA) is 84.9 Å². The lowest BCUT2D eigenvalue weighted by atomic mass is 10.1. The maximum Gasteiger partial charge on any atom is 0.341 e. The van der Waals surface area contributed by atoms with Gasteiger partial charge in [-0.25, -0.2) is 4.79 Å². The van der Waals surface area contributed by atoms with Crippen molar-refractivity contribution in [3.8, 4) is 11.5 Å². The molecule has 1 saturated carbocycles. The van der Waals surface area contributed by atoms with Crippen LogP contribution in [0.15, 0.2) is 48.5 Å². The highest BCUT2D eigenvalue weighted by Gasteiger charge is 2.17. The molecule has 1 fully saturated rings. The minimum Gasteiger partial charge on any atom is -0.490 e. The van der Waals surface area contributed by atoms with Crippen molar-refractivity contribution in [3.63, 3.8) is 0 Å². The van der Waals surface area contributed by atoms with Crippen LogP contribution in [0.3, 0.4) is 0 Å². The van der Waals surface area contributed by atoms with E-state index in [-0.39, 0.29) is 12.0 Å². The van der Waals surface area contributed by atoms with Crippen molar-refractivity contribution in [1.82, 2.24) is 5.32 Å². The zero-order valence-electron chi connectivity index (χ0n) is 15.0. The molecule has 1 amide bonds. The van der Waals surface area contributed by atoms with Crippen LogP contribution >= 0.6 is 0 Å². The van der Waals surface area contributed by atoms with Crippen molar-refractivity contribution in [2.24, 2.45) is 0 Å². The zero-order valence-corrected chi connectivity index (χ0v) is 15.0. The molecule has 0 unspecified atom stereocenters. The largest absolute Gasteiger partial charge is 0.490 e. The summed E-state index contributed by atoms with van der Waals surface area (Å²) >= 11 is 0. The number of aliphatic carboxylic acids is 1. The van der Waals surface area contributed by atoms with E-state index in [2.05, 4.69) is 5.32 Å². The highest BCUT2D eigenvalue weighted by Crippen LogP contribution is 2.24. The van der Waals surface area contributed by atoms with E-state index in [0.29, 0.717) is 17.9 Å². The monoisotopic (exact) mass is 369 g/mol. The third-order valence-electron chi connectivity index (χ3n) is 4.42. The first-order chi connectivity index (χ1) is 13.1. The van der Waals surface area contributed by atoms with Gasteiger partial charge < -0.3 is 19.9 Å². The molecule has 0 bridgehead atoms. The Kier molecular flexibility index (Phi) is 6.30. The van der Waals surface area contributed by atoms with Gasteiger partial charge in [0.05, 0.1) is 6.10 Å². The second-order valence-corrected chi connectivity index (χ2v) is 6.56. The summed E-state index contributed by atoms with van der Waals surface area (Å²) in [6, 6.07) is 14.2. The second-order valence-electron chi connectivity index (χ2n) is 6.56. The number of carbonyl (C=O) groups excluding carboxylic acids is 1. The fourth-order valence-corrected chi connectivity index (χ4v) is 3.08. The van der Waals surface area contributed by atoms with Crippen LogP contribution in [0.25, 0.3) is 0 Å². The van der Waals surface area contributed by atoms with E-state index >= 15 is 0 Å². The van der Waals surface area contributed by atoms with Gasteiger partial charge in [0.1, 0.15) is 11.5 Å². The molecular formula is C21H23NO5. The summed E-state index contributed by atoms with van der Waals surface area (Å²) in [6.45, 7) is -0.0829. The van der Waals surface area contributed by atoms with Crippen LogP contribution < -0.4 is 14.8 Å². The Morgan fingerprint density at radius 3 is 2.56 bits per heavy atom. The number of hydrogen-bond donors (Lipinski definition) is 2. The fraction of sp³-hybridized carbons (Fsp3) is 0.333. The molecule has 0 radical (unpaired) electrons. The summed E-state index contributed by atoms with van der Waals surface area (Å²) in [5.41, 5.74) is 1.37. The summed E-state index contributed by atoms with van der Waals surface area (Å²) in [4.78, 5) is 23.0. The van der Waals surface area contributed by atoms with E-state index in [9.17, 15) is 9.59 Å². The summed E-state index contributed by atoms with van der Waals surface area (Å²) in [5.74, 6) is -0.0492. The normalized spacial score (nSPS) is 13.9. The Morgan fingerprint density at radius 1 is 1.04 bits per heavy atom. The fourth-order valence-electron chi connectivity index (χ4n) is 3.08. The van der Waals surface area contributed by atoms with Crippen LogP contribution in [0.2, 0.25) is 0 Å². The predicted molar refractivity (Wildman–Crippen MR) is 100 cm³/mol. The molecule has 0 aliphatic heterocycles. The quantitative estimate of drug-likeness (QED) is 0.745. The maximum atomic E-state index is 12.4. The molecule has 142 valence electrons. The SMILES string of the molecule is O=C(O)COc1cccc(CNC(=O)c2cccc(OC3CCCC3)c2)c1. The van der Waals surface area contributed by atoms with Gasteiger partial charge >= 0.3 is 5.97 Å². The highest BCUT2D eigenvalue weighted by molar-refractivity contribution is 5.94. The van der Waals surface area contributed by atoms with Crippen LogP contribution in [0.4, 0.5) is 0 Å². The van der Waals surface area contributed by atoms with Crippen molar-refractivity contribution in [2.45, 2.75) is 38.3 Å². The van der Waals surface area contributed by atoms with Crippen molar-refractivity contribution < 1.29 is 24.2 Å². The third kappa shape index (κ3) is 5.74. The van der Waals surface area contributed by atoms with Gasteiger partial charge in [-0.05, 0) is 61.6 Å². The van der Waals surface area contributed by atoms with E-state index in [1.54, 1.807) is 30.3 Å². The Hall–Kier alpha value is -3.02. The number of ether oxygens (including phenoxy) is 2. The van der Waals surface area contributed by atoms with E-state index in [4.69, 9.17) is 14.6 Å². The molecule has 2 aromatic carbocycles. The van der Waals surface area contributed by atoms with Crippen molar-refractivity contribution in [2.75, 3.05) is 6.61 Å². The number of carboxylic acid groups (broad SMARTS) is 1. The second kappa shape index (κ2) is 9.07. The molecule has 1 aliphatic carbocycles. The summed E-state index contributed by atoms with van der Waals surface area (Å²) in [6.07, 6.45) is 4.77. The van der Waals surface area contributed by atoms with Gasteiger partial charge in [-0.15, -0.1) is 0 Å². The number of nitrogens with one attached hydrogen (secondary N) is 1. The molecule has 27 heavy (non-hydrogen) atoms. The molecule has 0 heterocycles. The molecule has 0 aromatic heterocycles. The van der Waals surface area contributed by atoms with Crippen LogP contribution in [0.5, 0.6) is 11.5 Å². The molecule has 6 heteroatoms. The molecule has 3 rings (SSSR count). The number of hydrogen-bond acceptors (Lipinski definition) is 4. The molecule has 2 aromatic rings. The van der Waals surface area contributed by atoms with Gasteiger partial charge in [0.2, 0.25) is 0 Å². The Balaban J connectivity index is 1.56. The van der Waals surface area contributed by atoms with Gasteiger partial charge in [-0.2, -0.15) is 0 Å². The van der Waals surface area contributed by atoms with E-state index in [0.717, 1.165) is 24.2 Å². The average molecular weight is 369 g/mol. The Labute approximate surface area is 158 Å². The Morgan fingerprint density at radius 2 is 1.78 bits per heavy atom. The highest BCUT2D eigenvalue weighted by atomic mass is 16.5. The summed E-state index contributed by atoms with van der Waals surface area (Å²) in [5, 5.41) is 11.5. The zero-order chi connectivity index (χ0) is 19.1. The van der Waals surface area contributed by atoms with Crippen molar-refractivity contribution in [1.29, 1.82) is 0 Å². The average Bonchev–Trinajstić information content (AvgIpc) is 3.18. The minimum absolute atomic E-state index is 0.191. The van der Waals surface area contributed by atoms with Crippen molar-refractivity contribution >= 4 is 11.9 Å². The number of benzene rings is 2. The first-order valence-corrected chi connectivity index (χ1v) is 9.08. The van der Waals surface area contributed by atoms with E-state index in [1.807, 2.05) is 18.2 Å². The van der Waals surface area contributed by atoms with E-state index < -0.39 is 12.6 Å². The molecule has 0 spiro atoms. The van der Waals surface area contributed by atoms with Crippen LogP contribution in [0.1, 0.15) is 41.6 Å². The molecule has 6 nitrogen and oxygen atoms in total. The van der Waals surface area contributed by atoms with Gasteiger partial charge in [0.25, 0.3) is 5.91 Å². The summed E-state index contributed by atoms with van der Waals surface area (Å²) in [7, 11) is 0. The molecular weight excluding hydrogens is 346 g/mol. The van der Waals surface area contributed by atoms with Crippen LogP contribution in [0, 0.1) is 0 Å². The first kappa shape index (κ1) is 18.8. The smallest absolute Gasteiger partial charge is 0.341 e. The first-order valence-electron chi connectivity index (χ1n) is 9.08. The van der Waals surface area contributed by atoms with Crippen LogP contribution in [-0.4, -0.2) is 29.7 Å². The predicted octanol–water partition coefficient (Wildman–Crippen LogP) is 3.40. The maximum absolute atomic E-state index is 12.4. The standard InChI is InChI=1S/C21H23NO5/c23-20(24)14-26-18-9-3-5-15(11-18)13-22-21(25)16-6-4-10-19(12-16)27-17-7-1-2-8-17/h3-6,9-12,17H,1-2,7-8,13-14H2,(H,22,25)(H,23,24). The Bertz CT molecular complexity index is 799. The molecule has 0 atom stereocenters. The van der Waals surface area contributed by atoms with Gasteiger partial charge in [-0.1, -0.05) is 18.2 Å². The lowest BCUT2D eigenvalue weighted by Gasteiger charge is -2.14. The molecule has 2 N–H and O–H groups in total. The number of carboxylic acids is 1. The van der Waals surface area contributed by atoms with Crippen LogP contribution in [-0.2, 0) is 11.3 Å². The lowest BCUT2D eigenvalue weighted by molar-refractivity contribution is -0.139.